The molecule has 6 heteroatoms. The summed E-state index contributed by atoms with van der Waals surface area (Å²) >= 11 is 0. The first-order chi connectivity index (χ1) is 7.49. The van der Waals surface area contributed by atoms with Crippen molar-refractivity contribution in [3.63, 3.8) is 0 Å². The maximum absolute atomic E-state index is 13.4. The molecule has 1 amide bonds. The molecule has 1 aromatic rings. The van der Waals surface area contributed by atoms with Crippen LogP contribution in [-0.2, 0) is 4.79 Å². The van der Waals surface area contributed by atoms with Gasteiger partial charge in [0.05, 0.1) is 12.7 Å². The van der Waals surface area contributed by atoms with Crippen LogP contribution < -0.4 is 10.5 Å². The number of benzene rings is 1. The second-order valence-corrected chi connectivity index (χ2v) is 3.15. The van der Waals surface area contributed by atoms with Gasteiger partial charge in [0.25, 0.3) is 0 Å². The summed E-state index contributed by atoms with van der Waals surface area (Å²) in [4.78, 5) is 10.7. The Hall–Kier alpha value is -1.66. The van der Waals surface area contributed by atoms with Gasteiger partial charge in [-0.2, -0.15) is 0 Å². The Bertz CT molecular complexity index is 396. The lowest BCUT2D eigenvalue weighted by molar-refractivity contribution is -0.132. The summed E-state index contributed by atoms with van der Waals surface area (Å²) in [7, 11) is 1.28. The minimum absolute atomic E-state index is 0.0350. The summed E-state index contributed by atoms with van der Waals surface area (Å²) in [5, 5.41) is 18.8. The number of carbonyl (C=O) groups is 1. The van der Waals surface area contributed by atoms with E-state index in [1.807, 2.05) is 0 Å². The zero-order chi connectivity index (χ0) is 12.3. The number of halogens is 1. The van der Waals surface area contributed by atoms with Crippen LogP contribution in [0.5, 0.6) is 5.75 Å². The van der Waals surface area contributed by atoms with Crippen LogP contribution in [0.1, 0.15) is 11.7 Å². The second-order valence-electron chi connectivity index (χ2n) is 3.15. The molecule has 0 radical (unpaired) electrons. The number of nitrogens with two attached hydrogens (primary N) is 1. The molecule has 4 N–H and O–H groups in total. The summed E-state index contributed by atoms with van der Waals surface area (Å²) in [5.41, 5.74) is 4.51. The number of carbonyl (C=O) groups excluding carboxylic acids is 1. The number of hydrogen-bond donors (Lipinski definition) is 3. The number of amides is 1. The predicted octanol–water partition coefficient (Wildman–Crippen LogP) is -0.286. The van der Waals surface area contributed by atoms with Crippen molar-refractivity contribution in [1.82, 2.24) is 0 Å². The average Bonchev–Trinajstić information content (AvgIpc) is 2.26. The lowest BCUT2D eigenvalue weighted by atomic mass is 10.0. The maximum atomic E-state index is 13.4. The zero-order valence-electron chi connectivity index (χ0n) is 8.55. The highest BCUT2D eigenvalue weighted by atomic mass is 19.1. The largest absolute Gasteiger partial charge is 0.496 e. The number of primary amides is 1. The van der Waals surface area contributed by atoms with Gasteiger partial charge in [-0.3, -0.25) is 4.79 Å². The first-order valence-corrected chi connectivity index (χ1v) is 4.47. The Labute approximate surface area is 91.3 Å². The summed E-state index contributed by atoms with van der Waals surface area (Å²) in [6, 6.07) is 3.85. The molecule has 88 valence electrons. The van der Waals surface area contributed by atoms with Gasteiger partial charge < -0.3 is 20.7 Å². The Morgan fingerprint density at radius 1 is 1.50 bits per heavy atom. The fourth-order valence-corrected chi connectivity index (χ4v) is 1.30. The quantitative estimate of drug-likeness (QED) is 0.661. The van der Waals surface area contributed by atoms with Gasteiger partial charge in [0.15, 0.2) is 6.10 Å². The molecule has 16 heavy (non-hydrogen) atoms. The lowest BCUT2D eigenvalue weighted by Gasteiger charge is -2.18. The molecule has 0 saturated heterocycles. The molecule has 0 heterocycles. The van der Waals surface area contributed by atoms with E-state index in [0.717, 1.165) is 6.07 Å². The van der Waals surface area contributed by atoms with Crippen molar-refractivity contribution in [3.8, 4) is 5.75 Å². The van der Waals surface area contributed by atoms with Crippen LogP contribution in [0.3, 0.4) is 0 Å². The molecule has 2 unspecified atom stereocenters. The molecule has 0 aliphatic heterocycles. The highest BCUT2D eigenvalue weighted by molar-refractivity contribution is 5.79. The van der Waals surface area contributed by atoms with E-state index >= 15 is 0 Å². The van der Waals surface area contributed by atoms with Crippen molar-refractivity contribution >= 4 is 5.91 Å². The average molecular weight is 229 g/mol. The van der Waals surface area contributed by atoms with Crippen molar-refractivity contribution in [2.24, 2.45) is 5.73 Å². The summed E-state index contributed by atoms with van der Waals surface area (Å²) in [6.45, 7) is 0. The van der Waals surface area contributed by atoms with Crippen LogP contribution >= 0.6 is 0 Å². The van der Waals surface area contributed by atoms with Crippen LogP contribution in [0.2, 0.25) is 0 Å². The molecule has 1 rings (SSSR count). The number of aliphatic hydroxyl groups is 2. The fraction of sp³-hybridized carbons (Fsp3) is 0.300. The zero-order valence-corrected chi connectivity index (χ0v) is 8.55. The van der Waals surface area contributed by atoms with Crippen molar-refractivity contribution in [1.29, 1.82) is 0 Å². The van der Waals surface area contributed by atoms with E-state index in [0.29, 0.717) is 0 Å². The Balaban J connectivity index is 3.16. The summed E-state index contributed by atoms with van der Waals surface area (Å²) in [5.74, 6) is -1.89. The smallest absolute Gasteiger partial charge is 0.249 e. The van der Waals surface area contributed by atoms with Crippen LogP contribution in [-0.4, -0.2) is 29.3 Å². The number of methoxy groups -OCH3 is 1. The molecule has 0 fully saturated rings. The SMILES string of the molecule is COc1cccc(F)c1C(O)C(O)C(N)=O. The minimum atomic E-state index is -1.88. The first kappa shape index (κ1) is 12.4. The molecule has 2 atom stereocenters. The molecule has 5 nitrogen and oxygen atoms in total. The summed E-state index contributed by atoms with van der Waals surface area (Å²) in [6.07, 6.45) is -3.64. The second kappa shape index (κ2) is 4.91. The van der Waals surface area contributed by atoms with Gasteiger partial charge in [-0.1, -0.05) is 6.07 Å². The fourth-order valence-electron chi connectivity index (χ4n) is 1.30. The van der Waals surface area contributed by atoms with Crippen molar-refractivity contribution < 1.29 is 24.1 Å². The highest BCUT2D eigenvalue weighted by Crippen LogP contribution is 2.29. The van der Waals surface area contributed by atoms with E-state index < -0.39 is 23.9 Å². The normalized spacial score (nSPS) is 14.2. The molecule has 0 bridgehead atoms. The Kier molecular flexibility index (Phi) is 3.81. The van der Waals surface area contributed by atoms with Crippen molar-refractivity contribution in [2.75, 3.05) is 7.11 Å². The van der Waals surface area contributed by atoms with Crippen molar-refractivity contribution in [2.45, 2.75) is 12.2 Å². The topological polar surface area (TPSA) is 92.8 Å². The van der Waals surface area contributed by atoms with E-state index in [1.54, 1.807) is 0 Å². The third-order valence-electron chi connectivity index (χ3n) is 2.12. The predicted molar refractivity (Wildman–Crippen MR) is 53.1 cm³/mol. The first-order valence-electron chi connectivity index (χ1n) is 4.47. The van der Waals surface area contributed by atoms with Gasteiger partial charge in [-0.15, -0.1) is 0 Å². The minimum Gasteiger partial charge on any atom is -0.496 e. The molecule has 0 aliphatic carbocycles. The van der Waals surface area contributed by atoms with Crippen molar-refractivity contribution in [3.05, 3.63) is 29.6 Å². The van der Waals surface area contributed by atoms with E-state index in [2.05, 4.69) is 0 Å². The van der Waals surface area contributed by atoms with E-state index in [4.69, 9.17) is 10.5 Å². The molecule has 1 aromatic carbocycles. The van der Waals surface area contributed by atoms with Crippen LogP contribution in [0, 0.1) is 5.82 Å². The molecule has 0 spiro atoms. The Morgan fingerprint density at radius 2 is 2.12 bits per heavy atom. The van der Waals surface area contributed by atoms with Gasteiger partial charge in [0.2, 0.25) is 5.91 Å². The lowest BCUT2D eigenvalue weighted by Crippen LogP contribution is -2.34. The molecule has 0 saturated carbocycles. The molecular weight excluding hydrogens is 217 g/mol. The van der Waals surface area contributed by atoms with Crippen LogP contribution in [0.4, 0.5) is 4.39 Å². The van der Waals surface area contributed by atoms with Gasteiger partial charge in [-0.05, 0) is 12.1 Å². The highest BCUT2D eigenvalue weighted by Gasteiger charge is 2.28. The molecular formula is C10H12FNO4. The Morgan fingerprint density at radius 3 is 2.62 bits per heavy atom. The monoisotopic (exact) mass is 229 g/mol. The number of aliphatic hydroxyl groups excluding tert-OH is 2. The molecule has 0 aromatic heterocycles. The third-order valence-corrected chi connectivity index (χ3v) is 2.12. The van der Waals surface area contributed by atoms with E-state index in [9.17, 15) is 19.4 Å². The standard InChI is InChI=1S/C10H12FNO4/c1-16-6-4-2-3-5(11)7(6)8(13)9(14)10(12)15/h2-4,8-9,13-14H,1H3,(H2,12,15). The molecule has 0 aliphatic rings. The van der Waals surface area contributed by atoms with Gasteiger partial charge in [-0.25, -0.2) is 4.39 Å². The van der Waals surface area contributed by atoms with Gasteiger partial charge in [0, 0.05) is 0 Å². The van der Waals surface area contributed by atoms with Gasteiger partial charge in [0.1, 0.15) is 17.7 Å². The van der Waals surface area contributed by atoms with E-state index in [-0.39, 0.29) is 11.3 Å². The van der Waals surface area contributed by atoms with Crippen LogP contribution in [0.15, 0.2) is 18.2 Å². The number of hydrogen-bond acceptors (Lipinski definition) is 4. The number of ether oxygens (including phenoxy) is 1. The van der Waals surface area contributed by atoms with Crippen LogP contribution in [0.25, 0.3) is 0 Å². The van der Waals surface area contributed by atoms with E-state index in [1.165, 1.54) is 19.2 Å². The third kappa shape index (κ3) is 2.29. The summed E-state index contributed by atoms with van der Waals surface area (Å²) < 4.78 is 18.2. The number of rotatable bonds is 4. The maximum Gasteiger partial charge on any atom is 0.249 e. The van der Waals surface area contributed by atoms with Gasteiger partial charge >= 0.3 is 0 Å².